The molecule has 15 heavy (non-hydrogen) atoms. The van der Waals surface area contributed by atoms with E-state index in [4.69, 9.17) is 0 Å². The van der Waals surface area contributed by atoms with Crippen molar-refractivity contribution in [3.05, 3.63) is 24.0 Å². The number of nitrogens with one attached hydrogen (secondary N) is 1. The molecule has 0 spiro atoms. The standard InChI is InChI=1S/C11H18F2N2/c1-3-6-14-10(4-2)9-5-7-15(8-9)11(12)13/h5,7-8,10-11,14H,3-4,6H2,1-2H3. The van der Waals surface area contributed by atoms with Gasteiger partial charge in [-0.05, 0) is 31.0 Å². The molecule has 0 saturated heterocycles. The second-order valence-corrected chi connectivity index (χ2v) is 3.58. The van der Waals surface area contributed by atoms with E-state index >= 15 is 0 Å². The van der Waals surface area contributed by atoms with Gasteiger partial charge in [-0.25, -0.2) is 0 Å². The van der Waals surface area contributed by atoms with E-state index in [-0.39, 0.29) is 6.04 Å². The fourth-order valence-corrected chi connectivity index (χ4v) is 1.57. The molecule has 1 atom stereocenters. The second-order valence-electron chi connectivity index (χ2n) is 3.58. The van der Waals surface area contributed by atoms with Crippen molar-refractivity contribution < 1.29 is 8.78 Å². The monoisotopic (exact) mass is 216 g/mol. The van der Waals surface area contributed by atoms with Gasteiger partial charge in [0.15, 0.2) is 0 Å². The lowest BCUT2D eigenvalue weighted by Crippen LogP contribution is -2.21. The van der Waals surface area contributed by atoms with Crippen LogP contribution in [0.2, 0.25) is 0 Å². The summed E-state index contributed by atoms with van der Waals surface area (Å²) in [5, 5.41) is 3.33. The number of nitrogens with zero attached hydrogens (tertiary/aromatic N) is 1. The van der Waals surface area contributed by atoms with Crippen LogP contribution in [-0.2, 0) is 0 Å². The first kappa shape index (κ1) is 12.2. The number of aromatic nitrogens is 1. The molecule has 1 aromatic heterocycles. The predicted octanol–water partition coefficient (Wildman–Crippen LogP) is 3.33. The molecule has 0 radical (unpaired) electrons. The molecule has 0 aliphatic rings. The first-order chi connectivity index (χ1) is 7.19. The molecular formula is C11H18F2N2. The van der Waals surface area contributed by atoms with Gasteiger partial charge in [-0.1, -0.05) is 13.8 Å². The third kappa shape index (κ3) is 3.30. The van der Waals surface area contributed by atoms with Crippen molar-refractivity contribution in [1.29, 1.82) is 0 Å². The second kappa shape index (κ2) is 5.85. The van der Waals surface area contributed by atoms with Crippen molar-refractivity contribution in [3.8, 4) is 0 Å². The van der Waals surface area contributed by atoms with E-state index in [1.165, 1.54) is 12.4 Å². The normalized spacial score (nSPS) is 13.4. The van der Waals surface area contributed by atoms with Gasteiger partial charge in [0.25, 0.3) is 0 Å². The van der Waals surface area contributed by atoms with Crippen molar-refractivity contribution in [2.45, 2.75) is 39.3 Å². The van der Waals surface area contributed by atoms with E-state index in [0.29, 0.717) is 0 Å². The summed E-state index contributed by atoms with van der Waals surface area (Å²) in [6.45, 7) is 2.61. The Kier molecular flexibility index (Phi) is 4.75. The molecule has 1 aromatic rings. The highest BCUT2D eigenvalue weighted by Crippen LogP contribution is 2.20. The molecule has 0 aromatic carbocycles. The van der Waals surface area contributed by atoms with Crippen LogP contribution in [0.1, 0.15) is 44.8 Å². The number of halogens is 2. The maximum absolute atomic E-state index is 12.3. The van der Waals surface area contributed by atoms with Crippen LogP contribution in [0.15, 0.2) is 18.5 Å². The summed E-state index contributed by atoms with van der Waals surface area (Å²) < 4.78 is 25.6. The number of hydrogen-bond donors (Lipinski definition) is 1. The lowest BCUT2D eigenvalue weighted by Gasteiger charge is -2.14. The number of hydrogen-bond acceptors (Lipinski definition) is 1. The minimum absolute atomic E-state index is 0.185. The Balaban J connectivity index is 2.65. The van der Waals surface area contributed by atoms with Gasteiger partial charge in [-0.3, -0.25) is 4.57 Å². The van der Waals surface area contributed by atoms with Crippen molar-refractivity contribution in [2.75, 3.05) is 6.54 Å². The molecular weight excluding hydrogens is 198 g/mol. The van der Waals surface area contributed by atoms with Gasteiger partial charge >= 0.3 is 6.55 Å². The van der Waals surface area contributed by atoms with Crippen LogP contribution < -0.4 is 5.32 Å². The highest BCUT2D eigenvalue weighted by atomic mass is 19.3. The minimum atomic E-state index is -2.44. The lowest BCUT2D eigenvalue weighted by atomic mass is 10.1. The summed E-state index contributed by atoms with van der Waals surface area (Å²) in [4.78, 5) is 0. The molecule has 2 nitrogen and oxygen atoms in total. The molecule has 1 unspecified atom stereocenters. The summed E-state index contributed by atoms with van der Waals surface area (Å²) in [5.74, 6) is 0. The summed E-state index contributed by atoms with van der Waals surface area (Å²) in [6.07, 6.45) is 4.90. The van der Waals surface area contributed by atoms with E-state index in [2.05, 4.69) is 12.2 Å². The van der Waals surface area contributed by atoms with Crippen LogP contribution in [0.3, 0.4) is 0 Å². The van der Waals surface area contributed by atoms with E-state index in [1.54, 1.807) is 6.07 Å². The summed E-state index contributed by atoms with van der Waals surface area (Å²) in [7, 11) is 0. The molecule has 1 rings (SSSR count). The minimum Gasteiger partial charge on any atom is -0.310 e. The Bertz CT molecular complexity index is 284. The first-order valence-corrected chi connectivity index (χ1v) is 5.38. The largest absolute Gasteiger partial charge is 0.318 e. The molecule has 1 heterocycles. The van der Waals surface area contributed by atoms with Gasteiger partial charge in [0, 0.05) is 18.4 Å². The highest BCUT2D eigenvalue weighted by Gasteiger charge is 2.12. The van der Waals surface area contributed by atoms with Crippen LogP contribution in [-0.4, -0.2) is 11.1 Å². The first-order valence-electron chi connectivity index (χ1n) is 5.38. The maximum Gasteiger partial charge on any atom is 0.318 e. The van der Waals surface area contributed by atoms with Crippen molar-refractivity contribution in [3.63, 3.8) is 0 Å². The average Bonchev–Trinajstić information content (AvgIpc) is 2.68. The number of rotatable bonds is 6. The Labute approximate surface area is 89.3 Å². The van der Waals surface area contributed by atoms with Crippen LogP contribution in [0.4, 0.5) is 8.78 Å². The third-order valence-electron chi connectivity index (χ3n) is 2.41. The molecule has 0 aliphatic carbocycles. The van der Waals surface area contributed by atoms with Crippen molar-refractivity contribution >= 4 is 0 Å². The third-order valence-corrected chi connectivity index (χ3v) is 2.41. The summed E-state index contributed by atoms with van der Waals surface area (Å²) in [6, 6.07) is 1.94. The summed E-state index contributed by atoms with van der Waals surface area (Å²) >= 11 is 0. The molecule has 86 valence electrons. The van der Waals surface area contributed by atoms with Crippen LogP contribution >= 0.6 is 0 Å². The Hall–Kier alpha value is -0.900. The molecule has 0 aliphatic heterocycles. The van der Waals surface area contributed by atoms with Crippen LogP contribution in [0.25, 0.3) is 0 Å². The Morgan fingerprint density at radius 3 is 2.60 bits per heavy atom. The molecule has 0 fully saturated rings. The van der Waals surface area contributed by atoms with Gasteiger partial charge in [0.1, 0.15) is 0 Å². The Morgan fingerprint density at radius 1 is 1.40 bits per heavy atom. The highest BCUT2D eigenvalue weighted by molar-refractivity contribution is 5.15. The number of alkyl halides is 2. The molecule has 0 saturated carbocycles. The molecule has 0 bridgehead atoms. The zero-order valence-corrected chi connectivity index (χ0v) is 9.21. The van der Waals surface area contributed by atoms with E-state index in [0.717, 1.165) is 29.5 Å². The van der Waals surface area contributed by atoms with E-state index in [9.17, 15) is 8.78 Å². The molecule has 1 N–H and O–H groups in total. The fourth-order valence-electron chi connectivity index (χ4n) is 1.57. The smallest absolute Gasteiger partial charge is 0.310 e. The fraction of sp³-hybridized carbons (Fsp3) is 0.636. The zero-order valence-electron chi connectivity index (χ0n) is 9.21. The van der Waals surface area contributed by atoms with E-state index in [1.807, 2.05) is 6.92 Å². The van der Waals surface area contributed by atoms with Crippen LogP contribution in [0.5, 0.6) is 0 Å². The van der Waals surface area contributed by atoms with Gasteiger partial charge < -0.3 is 5.32 Å². The predicted molar refractivity (Wildman–Crippen MR) is 57.0 cm³/mol. The van der Waals surface area contributed by atoms with Crippen molar-refractivity contribution in [2.24, 2.45) is 0 Å². The van der Waals surface area contributed by atoms with Crippen LogP contribution in [0, 0.1) is 0 Å². The maximum atomic E-state index is 12.3. The van der Waals surface area contributed by atoms with Gasteiger partial charge in [-0.2, -0.15) is 8.78 Å². The van der Waals surface area contributed by atoms with Crippen molar-refractivity contribution in [1.82, 2.24) is 9.88 Å². The van der Waals surface area contributed by atoms with Gasteiger partial charge in [-0.15, -0.1) is 0 Å². The quantitative estimate of drug-likeness (QED) is 0.771. The van der Waals surface area contributed by atoms with Gasteiger partial charge in [0.2, 0.25) is 0 Å². The zero-order chi connectivity index (χ0) is 11.3. The summed E-state index contributed by atoms with van der Waals surface area (Å²) in [5.41, 5.74) is 0.936. The lowest BCUT2D eigenvalue weighted by molar-refractivity contribution is 0.0705. The Morgan fingerprint density at radius 2 is 2.13 bits per heavy atom. The molecule has 0 amide bonds. The SMILES string of the molecule is CCCNC(CC)c1ccn(C(F)F)c1. The van der Waals surface area contributed by atoms with E-state index < -0.39 is 6.55 Å². The molecule has 4 heteroatoms. The average molecular weight is 216 g/mol. The van der Waals surface area contributed by atoms with Gasteiger partial charge in [0.05, 0.1) is 0 Å². The topological polar surface area (TPSA) is 17.0 Å².